The number of hydrogen-bond acceptors (Lipinski definition) is 4. The fourth-order valence-electron chi connectivity index (χ4n) is 0.933. The molecule has 0 atom stereocenters. The van der Waals surface area contributed by atoms with Gasteiger partial charge in [0.25, 0.3) is 9.05 Å². The maximum Gasteiger partial charge on any atom is 0.516 e. The molecule has 108 valence electrons. The monoisotopic (exact) mass is 357 g/mol. The molecule has 0 aliphatic rings. The van der Waals surface area contributed by atoms with E-state index in [1.165, 1.54) is 4.72 Å². The number of nitrogens with one attached hydrogen (secondary N) is 1. The van der Waals surface area contributed by atoms with E-state index in [1.54, 1.807) is 0 Å². The summed E-state index contributed by atoms with van der Waals surface area (Å²) in [5, 5.41) is -0.547. The Morgan fingerprint density at radius 2 is 1.63 bits per heavy atom. The van der Waals surface area contributed by atoms with E-state index in [0.717, 1.165) is 18.2 Å². The summed E-state index contributed by atoms with van der Waals surface area (Å²) in [6.45, 7) is 0. The fourth-order valence-corrected chi connectivity index (χ4v) is 2.64. The van der Waals surface area contributed by atoms with Gasteiger partial charge in [0.15, 0.2) is 0 Å². The van der Waals surface area contributed by atoms with Crippen LogP contribution in [-0.4, -0.2) is 22.3 Å². The van der Waals surface area contributed by atoms with Gasteiger partial charge in [-0.3, -0.25) is 4.72 Å². The molecule has 0 bridgehead atoms. The van der Waals surface area contributed by atoms with Gasteiger partial charge in [0.1, 0.15) is 0 Å². The number of sulfonamides is 1. The molecule has 0 aliphatic heterocycles. The van der Waals surface area contributed by atoms with E-state index in [0.29, 0.717) is 0 Å². The van der Waals surface area contributed by atoms with Crippen molar-refractivity contribution in [3.05, 3.63) is 23.2 Å². The van der Waals surface area contributed by atoms with Crippen LogP contribution in [0.15, 0.2) is 23.1 Å². The first kappa shape index (κ1) is 16.3. The van der Waals surface area contributed by atoms with Crippen molar-refractivity contribution in [2.75, 3.05) is 4.72 Å². The van der Waals surface area contributed by atoms with Crippen molar-refractivity contribution >= 4 is 47.0 Å². The van der Waals surface area contributed by atoms with Gasteiger partial charge < -0.3 is 0 Å². The van der Waals surface area contributed by atoms with Crippen LogP contribution >= 0.6 is 22.3 Å². The quantitative estimate of drug-likeness (QED) is 0.842. The second kappa shape index (κ2) is 5.00. The Balaban J connectivity index is 3.20. The largest absolute Gasteiger partial charge is 0.516 e. The van der Waals surface area contributed by atoms with E-state index in [9.17, 15) is 30.0 Å². The van der Waals surface area contributed by atoms with Gasteiger partial charge >= 0.3 is 15.5 Å². The second-order valence-electron chi connectivity index (χ2n) is 3.13. The van der Waals surface area contributed by atoms with Gasteiger partial charge in [-0.15, -0.1) is 0 Å². The first-order chi connectivity index (χ1) is 8.34. The number of halogens is 5. The molecule has 1 aromatic carbocycles. The summed E-state index contributed by atoms with van der Waals surface area (Å²) in [6, 6.07) is 2.28. The van der Waals surface area contributed by atoms with Crippen LogP contribution in [0.25, 0.3) is 0 Å². The highest BCUT2D eigenvalue weighted by atomic mass is 35.7. The average molecular weight is 358 g/mol. The van der Waals surface area contributed by atoms with E-state index in [4.69, 9.17) is 22.3 Å². The van der Waals surface area contributed by atoms with E-state index in [1.807, 2.05) is 0 Å². The van der Waals surface area contributed by atoms with Gasteiger partial charge in [-0.1, -0.05) is 11.6 Å². The van der Waals surface area contributed by atoms with E-state index in [2.05, 4.69) is 0 Å². The van der Waals surface area contributed by atoms with Crippen molar-refractivity contribution in [2.45, 2.75) is 10.4 Å². The first-order valence-corrected chi connectivity index (χ1v) is 8.35. The lowest BCUT2D eigenvalue weighted by molar-refractivity contribution is -0.0429. The molecule has 0 heterocycles. The van der Waals surface area contributed by atoms with Crippen LogP contribution in [0.1, 0.15) is 0 Å². The molecule has 0 saturated carbocycles. The average Bonchev–Trinajstić information content (AvgIpc) is 2.17. The summed E-state index contributed by atoms with van der Waals surface area (Å²) in [5.74, 6) is 0. The Bertz CT molecular complexity index is 700. The third-order valence-electron chi connectivity index (χ3n) is 1.77. The maximum atomic E-state index is 12.1. The highest BCUT2D eigenvalue weighted by molar-refractivity contribution is 8.13. The number of hydrogen-bond donors (Lipinski definition) is 1. The Morgan fingerprint density at radius 1 is 1.11 bits per heavy atom. The molecule has 0 unspecified atom stereocenters. The molecule has 0 aliphatic carbocycles. The zero-order chi connectivity index (χ0) is 15.1. The molecule has 1 aromatic rings. The van der Waals surface area contributed by atoms with Gasteiger partial charge in [-0.05, 0) is 18.2 Å². The van der Waals surface area contributed by atoms with Crippen LogP contribution in [-0.2, 0) is 19.1 Å². The van der Waals surface area contributed by atoms with Crippen LogP contribution in [0.4, 0.5) is 18.9 Å². The van der Waals surface area contributed by atoms with Gasteiger partial charge in [-0.2, -0.15) is 21.6 Å². The van der Waals surface area contributed by atoms with E-state index in [-0.39, 0.29) is 0 Å². The molecule has 0 saturated heterocycles. The molecule has 0 fully saturated rings. The van der Waals surface area contributed by atoms with Crippen molar-refractivity contribution in [3.8, 4) is 0 Å². The van der Waals surface area contributed by atoms with Crippen LogP contribution < -0.4 is 4.72 Å². The number of rotatable bonds is 3. The molecular formula is C7H4Cl2F3NO4S2. The molecule has 0 aromatic heterocycles. The molecule has 0 spiro atoms. The lowest BCUT2D eigenvalue weighted by atomic mass is 10.3. The zero-order valence-electron chi connectivity index (χ0n) is 8.57. The summed E-state index contributed by atoms with van der Waals surface area (Å²) < 4.78 is 81.0. The van der Waals surface area contributed by atoms with Crippen molar-refractivity contribution < 1.29 is 30.0 Å². The maximum absolute atomic E-state index is 12.1. The molecule has 5 nitrogen and oxygen atoms in total. The minimum Gasteiger partial charge on any atom is -0.274 e. The lowest BCUT2D eigenvalue weighted by Gasteiger charge is -2.12. The summed E-state index contributed by atoms with van der Waals surface area (Å²) in [4.78, 5) is -0.478. The van der Waals surface area contributed by atoms with E-state index >= 15 is 0 Å². The summed E-state index contributed by atoms with van der Waals surface area (Å²) >= 11 is 5.47. The van der Waals surface area contributed by atoms with Gasteiger partial charge in [0.2, 0.25) is 0 Å². The minimum absolute atomic E-state index is 0.478. The van der Waals surface area contributed by atoms with Crippen molar-refractivity contribution in [3.63, 3.8) is 0 Å². The fraction of sp³-hybridized carbons (Fsp3) is 0.143. The zero-order valence-corrected chi connectivity index (χ0v) is 11.7. The molecule has 0 amide bonds. The molecular weight excluding hydrogens is 354 g/mol. The van der Waals surface area contributed by atoms with Crippen LogP contribution in [0.3, 0.4) is 0 Å². The van der Waals surface area contributed by atoms with Crippen molar-refractivity contribution in [2.24, 2.45) is 0 Å². The van der Waals surface area contributed by atoms with Crippen LogP contribution in [0.2, 0.25) is 5.02 Å². The van der Waals surface area contributed by atoms with Crippen molar-refractivity contribution in [1.82, 2.24) is 0 Å². The number of alkyl halides is 3. The third kappa shape index (κ3) is 3.88. The number of anilines is 1. The Kier molecular flexibility index (Phi) is 4.30. The number of benzene rings is 1. The minimum atomic E-state index is -5.64. The Hall–Kier alpha value is -0.710. The Labute approximate surface area is 115 Å². The summed E-state index contributed by atoms with van der Waals surface area (Å²) in [5.41, 5.74) is -6.14. The van der Waals surface area contributed by atoms with Crippen LogP contribution in [0.5, 0.6) is 0 Å². The smallest absolute Gasteiger partial charge is 0.274 e. The second-order valence-corrected chi connectivity index (χ2v) is 7.78. The predicted molar refractivity (Wildman–Crippen MR) is 63.1 cm³/mol. The van der Waals surface area contributed by atoms with Crippen molar-refractivity contribution in [1.29, 1.82) is 0 Å². The molecule has 1 N–H and O–H groups in total. The molecule has 1 rings (SSSR count). The SMILES string of the molecule is O=S(=O)(Cl)c1ccc(NS(=O)(=O)C(F)(F)F)c(Cl)c1. The first-order valence-electron chi connectivity index (χ1n) is 4.18. The lowest BCUT2D eigenvalue weighted by Crippen LogP contribution is -2.30. The predicted octanol–water partition coefficient (Wildman–Crippen LogP) is 2.53. The van der Waals surface area contributed by atoms with E-state index < -0.39 is 40.2 Å². The normalized spacial score (nSPS) is 13.3. The molecule has 12 heteroatoms. The van der Waals surface area contributed by atoms with Crippen LogP contribution in [0, 0.1) is 0 Å². The molecule has 19 heavy (non-hydrogen) atoms. The topological polar surface area (TPSA) is 80.3 Å². The van der Waals surface area contributed by atoms with Gasteiger partial charge in [0.05, 0.1) is 15.6 Å². The summed E-state index contributed by atoms with van der Waals surface area (Å²) in [7, 11) is -4.78. The molecule has 0 radical (unpaired) electrons. The highest BCUT2D eigenvalue weighted by Gasteiger charge is 2.46. The highest BCUT2D eigenvalue weighted by Crippen LogP contribution is 2.31. The standard InChI is InChI=1S/C7H4Cl2F3NO4S2/c8-5-3-4(18(9,14)15)1-2-6(5)13-19(16,17)7(10,11)12/h1-3,13H. The van der Waals surface area contributed by atoms with Gasteiger partial charge in [-0.25, -0.2) is 8.42 Å². The Morgan fingerprint density at radius 3 is 2.00 bits per heavy atom. The van der Waals surface area contributed by atoms with Gasteiger partial charge in [0, 0.05) is 10.7 Å². The summed E-state index contributed by atoms with van der Waals surface area (Å²) in [6.07, 6.45) is 0. The third-order valence-corrected chi connectivity index (χ3v) is 4.53.